The van der Waals surface area contributed by atoms with Crippen LogP contribution in [-0.4, -0.2) is 37.4 Å². The minimum atomic E-state index is 0.241. The number of ether oxygens (including phenoxy) is 1. The fraction of sp³-hybridized carbons (Fsp3) is 0.650. The second kappa shape index (κ2) is 13.5. The molecule has 0 spiro atoms. The van der Waals surface area contributed by atoms with Crippen molar-refractivity contribution in [2.75, 3.05) is 26.3 Å². The Kier molecular flexibility index (Phi) is 11.5. The summed E-state index contributed by atoms with van der Waals surface area (Å²) in [6.45, 7) is 9.59. The predicted octanol–water partition coefficient (Wildman–Crippen LogP) is 3.33. The van der Waals surface area contributed by atoms with Crippen molar-refractivity contribution < 1.29 is 9.84 Å². The summed E-state index contributed by atoms with van der Waals surface area (Å²) >= 11 is 0. The van der Waals surface area contributed by atoms with Crippen LogP contribution in [0.5, 0.6) is 5.75 Å². The minimum absolute atomic E-state index is 0.241. The maximum atomic E-state index is 9.19. The maximum absolute atomic E-state index is 9.19. The summed E-state index contributed by atoms with van der Waals surface area (Å²) in [5.74, 6) is 2.20. The number of hydrogen-bond donors (Lipinski definition) is 3. The van der Waals surface area contributed by atoms with Gasteiger partial charge in [0.2, 0.25) is 0 Å². The monoisotopic (exact) mass is 349 g/mol. The maximum Gasteiger partial charge on any atom is 0.191 e. The predicted molar refractivity (Wildman–Crippen MR) is 105 cm³/mol. The van der Waals surface area contributed by atoms with Crippen LogP contribution in [0.2, 0.25) is 0 Å². The summed E-state index contributed by atoms with van der Waals surface area (Å²) < 4.78 is 5.68. The summed E-state index contributed by atoms with van der Waals surface area (Å²) in [7, 11) is 0. The van der Waals surface area contributed by atoms with Gasteiger partial charge in [0.05, 0.1) is 13.2 Å². The number of aliphatic hydroxyl groups excluding tert-OH is 1. The Morgan fingerprint density at radius 3 is 2.68 bits per heavy atom. The lowest BCUT2D eigenvalue weighted by Crippen LogP contribution is -2.40. The highest BCUT2D eigenvalue weighted by molar-refractivity contribution is 5.79. The van der Waals surface area contributed by atoms with Crippen LogP contribution in [0, 0.1) is 5.92 Å². The molecule has 0 aromatic heterocycles. The van der Waals surface area contributed by atoms with Gasteiger partial charge >= 0.3 is 0 Å². The molecule has 0 radical (unpaired) electrons. The van der Waals surface area contributed by atoms with Gasteiger partial charge < -0.3 is 20.5 Å². The fourth-order valence-corrected chi connectivity index (χ4v) is 2.65. The zero-order valence-electron chi connectivity index (χ0n) is 16.1. The van der Waals surface area contributed by atoms with E-state index in [0.29, 0.717) is 12.5 Å². The van der Waals surface area contributed by atoms with Crippen LogP contribution in [-0.2, 0) is 6.54 Å². The molecule has 5 heteroatoms. The van der Waals surface area contributed by atoms with Gasteiger partial charge in [0, 0.05) is 19.7 Å². The number of guanidine groups is 1. The van der Waals surface area contributed by atoms with Crippen molar-refractivity contribution in [2.24, 2.45) is 10.9 Å². The summed E-state index contributed by atoms with van der Waals surface area (Å²) in [5, 5.41) is 15.9. The normalized spacial score (nSPS) is 12.7. The lowest BCUT2D eigenvalue weighted by molar-refractivity contribution is 0.251. The van der Waals surface area contributed by atoms with Gasteiger partial charge in [-0.25, -0.2) is 4.99 Å². The Hall–Kier alpha value is -1.75. The van der Waals surface area contributed by atoms with Crippen molar-refractivity contribution in [3.8, 4) is 5.75 Å². The van der Waals surface area contributed by atoms with E-state index >= 15 is 0 Å². The molecule has 25 heavy (non-hydrogen) atoms. The average molecular weight is 350 g/mol. The third kappa shape index (κ3) is 9.34. The number of nitrogens with zero attached hydrogens (tertiary/aromatic N) is 1. The molecule has 0 bridgehead atoms. The third-order valence-electron chi connectivity index (χ3n) is 3.93. The largest absolute Gasteiger partial charge is 0.494 e. The number of aliphatic hydroxyl groups is 1. The molecule has 1 atom stereocenters. The first-order valence-electron chi connectivity index (χ1n) is 9.58. The molecule has 1 rings (SSSR count). The van der Waals surface area contributed by atoms with Crippen molar-refractivity contribution in [1.29, 1.82) is 0 Å². The quantitative estimate of drug-likeness (QED) is 0.400. The van der Waals surface area contributed by atoms with Crippen molar-refractivity contribution in [1.82, 2.24) is 10.6 Å². The highest BCUT2D eigenvalue weighted by Gasteiger charge is 2.08. The first-order chi connectivity index (χ1) is 12.2. The van der Waals surface area contributed by atoms with E-state index < -0.39 is 0 Å². The van der Waals surface area contributed by atoms with Crippen molar-refractivity contribution >= 4 is 5.96 Å². The molecule has 0 aliphatic heterocycles. The molecule has 0 aliphatic carbocycles. The zero-order chi connectivity index (χ0) is 18.3. The van der Waals surface area contributed by atoms with Gasteiger partial charge in [-0.3, -0.25) is 0 Å². The third-order valence-corrected chi connectivity index (χ3v) is 3.93. The first kappa shape index (κ1) is 21.3. The smallest absolute Gasteiger partial charge is 0.191 e. The second-order valence-electron chi connectivity index (χ2n) is 6.24. The van der Waals surface area contributed by atoms with E-state index in [9.17, 15) is 5.11 Å². The van der Waals surface area contributed by atoms with Gasteiger partial charge in [-0.05, 0) is 49.8 Å². The van der Waals surface area contributed by atoms with Crippen LogP contribution in [0.4, 0.5) is 0 Å². The van der Waals surface area contributed by atoms with Gasteiger partial charge in [-0.2, -0.15) is 0 Å². The Balaban J connectivity index is 2.62. The van der Waals surface area contributed by atoms with E-state index in [1.165, 1.54) is 0 Å². The summed E-state index contributed by atoms with van der Waals surface area (Å²) in [5.41, 5.74) is 1.13. The van der Waals surface area contributed by atoms with E-state index in [0.717, 1.165) is 62.7 Å². The van der Waals surface area contributed by atoms with E-state index in [-0.39, 0.29) is 6.61 Å². The van der Waals surface area contributed by atoms with Crippen molar-refractivity contribution in [2.45, 2.75) is 53.0 Å². The van der Waals surface area contributed by atoms with Gasteiger partial charge in [0.25, 0.3) is 0 Å². The van der Waals surface area contributed by atoms with Crippen LogP contribution in [0.3, 0.4) is 0 Å². The molecule has 5 nitrogen and oxygen atoms in total. The summed E-state index contributed by atoms with van der Waals surface area (Å²) in [6.07, 6.45) is 4.08. The summed E-state index contributed by atoms with van der Waals surface area (Å²) in [4.78, 5) is 4.67. The molecule has 3 N–H and O–H groups in total. The number of benzene rings is 1. The molecule has 0 amide bonds. The van der Waals surface area contributed by atoms with Gasteiger partial charge in [0.1, 0.15) is 5.75 Å². The van der Waals surface area contributed by atoms with Crippen LogP contribution >= 0.6 is 0 Å². The van der Waals surface area contributed by atoms with E-state index in [4.69, 9.17) is 4.74 Å². The molecule has 0 aliphatic rings. The SMILES string of the molecule is CCCOc1cccc(CN=C(NCC)NCC(CCC)CCO)c1. The Labute approximate surface area is 152 Å². The summed E-state index contributed by atoms with van der Waals surface area (Å²) in [6, 6.07) is 8.11. The zero-order valence-corrected chi connectivity index (χ0v) is 16.1. The van der Waals surface area contributed by atoms with Crippen LogP contribution in [0.15, 0.2) is 29.3 Å². The Bertz CT molecular complexity index is 486. The number of rotatable bonds is 12. The van der Waals surface area contributed by atoms with Gasteiger partial charge in [-0.1, -0.05) is 32.4 Å². The molecular weight excluding hydrogens is 314 g/mol. The molecule has 0 saturated carbocycles. The molecule has 0 fully saturated rings. The van der Waals surface area contributed by atoms with Crippen LogP contribution < -0.4 is 15.4 Å². The second-order valence-corrected chi connectivity index (χ2v) is 6.24. The van der Waals surface area contributed by atoms with Crippen molar-refractivity contribution in [3.63, 3.8) is 0 Å². The van der Waals surface area contributed by atoms with Gasteiger partial charge in [-0.15, -0.1) is 0 Å². The fourth-order valence-electron chi connectivity index (χ4n) is 2.65. The molecule has 1 aromatic rings. The number of nitrogens with one attached hydrogen (secondary N) is 2. The Morgan fingerprint density at radius 1 is 1.16 bits per heavy atom. The molecule has 1 aromatic carbocycles. The average Bonchev–Trinajstić information content (AvgIpc) is 2.63. The lowest BCUT2D eigenvalue weighted by Gasteiger charge is -2.18. The highest BCUT2D eigenvalue weighted by atomic mass is 16.5. The lowest BCUT2D eigenvalue weighted by atomic mass is 10.0. The van der Waals surface area contributed by atoms with Crippen molar-refractivity contribution in [3.05, 3.63) is 29.8 Å². The van der Waals surface area contributed by atoms with Crippen LogP contribution in [0.25, 0.3) is 0 Å². The van der Waals surface area contributed by atoms with Crippen LogP contribution in [0.1, 0.15) is 52.0 Å². The molecule has 1 unspecified atom stereocenters. The van der Waals surface area contributed by atoms with Gasteiger partial charge in [0.15, 0.2) is 5.96 Å². The molecule has 142 valence electrons. The number of aliphatic imine (C=N–C) groups is 1. The molecule has 0 saturated heterocycles. The first-order valence-corrected chi connectivity index (χ1v) is 9.58. The molecular formula is C20H35N3O2. The number of hydrogen-bond acceptors (Lipinski definition) is 3. The standard InChI is InChI=1S/C20H35N3O2/c1-4-8-17(11-12-24)15-22-20(21-6-3)23-16-18-9-7-10-19(14-18)25-13-5-2/h7,9-10,14,17,24H,4-6,8,11-13,15-16H2,1-3H3,(H2,21,22,23). The van der Waals surface area contributed by atoms with E-state index in [1.54, 1.807) is 0 Å². The topological polar surface area (TPSA) is 65.9 Å². The van der Waals surface area contributed by atoms with E-state index in [1.807, 2.05) is 18.2 Å². The van der Waals surface area contributed by atoms with E-state index in [2.05, 4.69) is 42.5 Å². The minimum Gasteiger partial charge on any atom is -0.494 e. The Morgan fingerprint density at radius 2 is 2.00 bits per heavy atom. The molecule has 0 heterocycles. The highest BCUT2D eigenvalue weighted by Crippen LogP contribution is 2.14.